The minimum atomic E-state index is -0.345. The topological polar surface area (TPSA) is 53.7 Å². The summed E-state index contributed by atoms with van der Waals surface area (Å²) in [4.78, 5) is 0. The van der Waals surface area contributed by atoms with E-state index in [0.717, 1.165) is 48.5 Å². The molecule has 2 aliphatic rings. The second-order valence-electron chi connectivity index (χ2n) is 5.09. The first kappa shape index (κ1) is 11.7. The Morgan fingerprint density at radius 1 is 1.17 bits per heavy atom. The molecule has 2 N–H and O–H groups in total. The van der Waals surface area contributed by atoms with Gasteiger partial charge in [0.2, 0.25) is 6.79 Å². The second-order valence-corrected chi connectivity index (χ2v) is 5.09. The third-order valence-electron chi connectivity index (χ3n) is 3.96. The van der Waals surface area contributed by atoms with E-state index in [4.69, 9.17) is 19.9 Å². The molecule has 0 unspecified atom stereocenters. The summed E-state index contributed by atoms with van der Waals surface area (Å²) in [6, 6.07) is 3.81. The number of methoxy groups -OCH3 is 1. The molecule has 0 radical (unpaired) electrons. The molecule has 1 heterocycles. The molecule has 4 heteroatoms. The highest BCUT2D eigenvalue weighted by Crippen LogP contribution is 2.49. The molecule has 0 bridgehead atoms. The Morgan fingerprint density at radius 2 is 1.94 bits per heavy atom. The molecule has 1 aromatic carbocycles. The van der Waals surface area contributed by atoms with E-state index in [2.05, 4.69) is 0 Å². The van der Waals surface area contributed by atoms with Crippen LogP contribution in [0, 0.1) is 0 Å². The molecule has 0 aromatic heterocycles. The van der Waals surface area contributed by atoms with Crippen LogP contribution in [-0.2, 0) is 5.54 Å². The first-order valence-electron chi connectivity index (χ1n) is 6.50. The minimum absolute atomic E-state index is 0.269. The number of hydrogen-bond acceptors (Lipinski definition) is 4. The molecule has 3 rings (SSSR count). The molecule has 0 spiro atoms. The Bertz CT molecular complexity index is 453. The minimum Gasteiger partial charge on any atom is -0.496 e. The molecule has 18 heavy (non-hydrogen) atoms. The fraction of sp³-hybridized carbons (Fsp3) is 0.571. The van der Waals surface area contributed by atoms with E-state index in [9.17, 15) is 0 Å². The zero-order valence-electron chi connectivity index (χ0n) is 10.7. The van der Waals surface area contributed by atoms with Gasteiger partial charge in [-0.1, -0.05) is 19.3 Å². The highest BCUT2D eigenvalue weighted by Gasteiger charge is 2.37. The summed E-state index contributed by atoms with van der Waals surface area (Å²) in [5.74, 6) is 2.36. The molecule has 1 saturated carbocycles. The van der Waals surface area contributed by atoms with Crippen molar-refractivity contribution >= 4 is 0 Å². The lowest BCUT2D eigenvalue weighted by Gasteiger charge is -2.35. The van der Waals surface area contributed by atoms with Crippen LogP contribution in [0.15, 0.2) is 12.1 Å². The van der Waals surface area contributed by atoms with E-state index < -0.39 is 0 Å². The lowest BCUT2D eigenvalue weighted by Crippen LogP contribution is -2.39. The molecule has 4 nitrogen and oxygen atoms in total. The lowest BCUT2D eigenvalue weighted by atomic mass is 9.76. The molecule has 0 amide bonds. The first-order chi connectivity index (χ1) is 8.74. The van der Waals surface area contributed by atoms with Crippen LogP contribution in [0.1, 0.15) is 37.7 Å². The van der Waals surface area contributed by atoms with Crippen LogP contribution >= 0.6 is 0 Å². The highest BCUT2D eigenvalue weighted by atomic mass is 16.7. The largest absolute Gasteiger partial charge is 0.496 e. The number of benzene rings is 1. The van der Waals surface area contributed by atoms with Gasteiger partial charge >= 0.3 is 0 Å². The van der Waals surface area contributed by atoms with Crippen LogP contribution in [0.25, 0.3) is 0 Å². The van der Waals surface area contributed by atoms with Crippen molar-refractivity contribution in [3.05, 3.63) is 17.7 Å². The van der Waals surface area contributed by atoms with Gasteiger partial charge in [-0.25, -0.2) is 0 Å². The Hall–Kier alpha value is -1.42. The van der Waals surface area contributed by atoms with Gasteiger partial charge in [-0.3, -0.25) is 0 Å². The number of ether oxygens (including phenoxy) is 3. The Kier molecular flexibility index (Phi) is 2.82. The predicted octanol–water partition coefficient (Wildman–Crippen LogP) is 2.54. The summed E-state index contributed by atoms with van der Waals surface area (Å²) >= 11 is 0. The van der Waals surface area contributed by atoms with E-state index in [1.54, 1.807) is 7.11 Å². The number of nitrogens with two attached hydrogens (primary N) is 1. The average Bonchev–Trinajstić information content (AvgIpc) is 2.86. The van der Waals surface area contributed by atoms with Gasteiger partial charge in [-0.05, 0) is 25.0 Å². The van der Waals surface area contributed by atoms with Gasteiger partial charge in [0.1, 0.15) is 5.75 Å². The molecule has 1 aliphatic heterocycles. The predicted molar refractivity (Wildman–Crippen MR) is 68.1 cm³/mol. The number of hydrogen-bond donors (Lipinski definition) is 1. The Balaban J connectivity index is 2.11. The van der Waals surface area contributed by atoms with Crippen molar-refractivity contribution in [1.82, 2.24) is 0 Å². The quantitative estimate of drug-likeness (QED) is 0.875. The molecule has 98 valence electrons. The van der Waals surface area contributed by atoms with Crippen LogP contribution in [-0.4, -0.2) is 13.9 Å². The third kappa shape index (κ3) is 1.72. The lowest BCUT2D eigenvalue weighted by molar-refractivity contribution is 0.170. The fourth-order valence-electron chi connectivity index (χ4n) is 3.03. The highest BCUT2D eigenvalue weighted by molar-refractivity contribution is 5.58. The van der Waals surface area contributed by atoms with Gasteiger partial charge in [0, 0.05) is 5.54 Å². The summed E-state index contributed by atoms with van der Waals surface area (Å²) in [6.45, 7) is 0.269. The maximum absolute atomic E-state index is 6.61. The van der Waals surface area contributed by atoms with Gasteiger partial charge in [-0.2, -0.15) is 0 Å². The van der Waals surface area contributed by atoms with Crippen LogP contribution in [0.4, 0.5) is 0 Å². The van der Waals surface area contributed by atoms with E-state index in [-0.39, 0.29) is 12.3 Å². The average molecular weight is 249 g/mol. The van der Waals surface area contributed by atoms with Crippen molar-refractivity contribution in [2.75, 3.05) is 13.9 Å². The van der Waals surface area contributed by atoms with Crippen molar-refractivity contribution in [3.8, 4) is 17.2 Å². The monoisotopic (exact) mass is 249 g/mol. The van der Waals surface area contributed by atoms with Crippen molar-refractivity contribution in [3.63, 3.8) is 0 Å². The molecule has 1 aromatic rings. The van der Waals surface area contributed by atoms with Gasteiger partial charge < -0.3 is 19.9 Å². The maximum atomic E-state index is 6.61. The number of rotatable bonds is 2. The van der Waals surface area contributed by atoms with E-state index >= 15 is 0 Å². The normalized spacial score (nSPS) is 20.8. The second kappa shape index (κ2) is 4.35. The van der Waals surface area contributed by atoms with Crippen LogP contribution in [0.3, 0.4) is 0 Å². The van der Waals surface area contributed by atoms with E-state index in [0.29, 0.717) is 0 Å². The zero-order valence-corrected chi connectivity index (χ0v) is 10.7. The van der Waals surface area contributed by atoms with Gasteiger partial charge in [0.15, 0.2) is 11.5 Å². The van der Waals surface area contributed by atoms with Crippen LogP contribution < -0.4 is 19.9 Å². The van der Waals surface area contributed by atoms with Gasteiger partial charge in [-0.15, -0.1) is 0 Å². The van der Waals surface area contributed by atoms with Crippen molar-refractivity contribution in [2.45, 2.75) is 37.6 Å². The molecule has 0 saturated heterocycles. The summed E-state index contributed by atoms with van der Waals surface area (Å²) in [7, 11) is 1.67. The fourth-order valence-corrected chi connectivity index (χ4v) is 3.03. The maximum Gasteiger partial charge on any atom is 0.231 e. The summed E-state index contributed by atoms with van der Waals surface area (Å²) in [5, 5.41) is 0. The summed E-state index contributed by atoms with van der Waals surface area (Å²) < 4.78 is 16.5. The zero-order chi connectivity index (χ0) is 12.6. The van der Waals surface area contributed by atoms with E-state index in [1.165, 1.54) is 6.42 Å². The summed E-state index contributed by atoms with van der Waals surface area (Å²) in [5.41, 5.74) is 7.26. The SMILES string of the molecule is COc1ccc2c(c1C1(N)CCCCC1)OCO2. The van der Waals surface area contributed by atoms with E-state index in [1.807, 2.05) is 12.1 Å². The Labute approximate surface area is 107 Å². The van der Waals surface area contributed by atoms with Gasteiger partial charge in [0.05, 0.1) is 12.7 Å². The molecular weight excluding hydrogens is 230 g/mol. The molecule has 1 fully saturated rings. The van der Waals surface area contributed by atoms with Gasteiger partial charge in [0.25, 0.3) is 0 Å². The van der Waals surface area contributed by atoms with Crippen LogP contribution in [0.5, 0.6) is 17.2 Å². The van der Waals surface area contributed by atoms with Crippen molar-refractivity contribution < 1.29 is 14.2 Å². The molecule has 0 atom stereocenters. The smallest absolute Gasteiger partial charge is 0.231 e. The van der Waals surface area contributed by atoms with Crippen molar-refractivity contribution in [1.29, 1.82) is 0 Å². The van der Waals surface area contributed by atoms with Crippen LogP contribution in [0.2, 0.25) is 0 Å². The standard InChI is InChI=1S/C14H19NO3/c1-16-10-5-6-11-13(18-9-17-11)12(10)14(15)7-3-2-4-8-14/h5-6H,2-4,7-9,15H2,1H3. The summed E-state index contributed by atoms with van der Waals surface area (Å²) in [6.07, 6.45) is 5.52. The number of fused-ring (bicyclic) bond motifs is 1. The third-order valence-corrected chi connectivity index (χ3v) is 3.96. The molecule has 1 aliphatic carbocycles. The molecular formula is C14H19NO3. The Morgan fingerprint density at radius 3 is 2.67 bits per heavy atom. The van der Waals surface area contributed by atoms with Crippen molar-refractivity contribution in [2.24, 2.45) is 5.73 Å². The first-order valence-corrected chi connectivity index (χ1v) is 6.50.